The van der Waals surface area contributed by atoms with Crippen molar-refractivity contribution in [1.82, 2.24) is 4.90 Å². The predicted octanol–water partition coefficient (Wildman–Crippen LogP) is 3.43. The molecule has 0 aliphatic rings. The van der Waals surface area contributed by atoms with Gasteiger partial charge in [-0.25, -0.2) is 4.39 Å². The minimum Gasteiger partial charge on any atom is -0.296 e. The number of nitrogens with zero attached hydrogens (tertiary/aromatic N) is 1. The summed E-state index contributed by atoms with van der Waals surface area (Å²) in [6, 6.07) is 6.75. The van der Waals surface area contributed by atoms with E-state index in [1.165, 1.54) is 6.07 Å². The lowest BCUT2D eigenvalue weighted by molar-refractivity contribution is 0.173. The van der Waals surface area contributed by atoms with Gasteiger partial charge in [-0.05, 0) is 38.6 Å². The van der Waals surface area contributed by atoms with E-state index < -0.39 is 0 Å². The number of benzene rings is 1. The maximum Gasteiger partial charge on any atom is 0.123 e. The molecule has 1 aromatic rings. The fourth-order valence-corrected chi connectivity index (χ4v) is 1.65. The number of hydrogen-bond acceptors (Lipinski definition) is 1. The van der Waals surface area contributed by atoms with Crippen molar-refractivity contribution in [3.8, 4) is 0 Å². The van der Waals surface area contributed by atoms with Crippen LogP contribution in [0.4, 0.5) is 4.39 Å². The van der Waals surface area contributed by atoms with E-state index in [-0.39, 0.29) is 11.4 Å². The Morgan fingerprint density at radius 2 is 2.07 bits per heavy atom. The molecule has 0 heterocycles. The molecule has 0 fully saturated rings. The van der Waals surface area contributed by atoms with Crippen LogP contribution in [0, 0.1) is 5.82 Å². The minimum atomic E-state index is -0.169. The third-order valence-electron chi connectivity index (χ3n) is 2.67. The normalized spacial score (nSPS) is 12.1. The molecule has 0 saturated heterocycles. The van der Waals surface area contributed by atoms with E-state index in [1.54, 1.807) is 12.1 Å². The molecule has 1 nitrogen and oxygen atoms in total. The molecule has 0 saturated carbocycles. The molecule has 0 aromatic heterocycles. The van der Waals surface area contributed by atoms with Crippen LogP contribution in [0.2, 0.25) is 0 Å². The fraction of sp³-hybridized carbons (Fsp3) is 0.500. The van der Waals surface area contributed by atoms with Crippen molar-refractivity contribution >= 4 is 15.9 Å². The second kappa shape index (κ2) is 5.08. The largest absolute Gasteiger partial charge is 0.296 e. The van der Waals surface area contributed by atoms with Gasteiger partial charge in [0.15, 0.2) is 0 Å². The first-order valence-corrected chi connectivity index (χ1v) is 6.09. The zero-order chi connectivity index (χ0) is 11.5. The van der Waals surface area contributed by atoms with Gasteiger partial charge in [-0.3, -0.25) is 4.90 Å². The number of alkyl halides is 1. The Hall–Kier alpha value is -0.410. The Balaban J connectivity index is 2.70. The Morgan fingerprint density at radius 1 is 1.40 bits per heavy atom. The molecule has 0 spiro atoms. The molecule has 0 atom stereocenters. The second-order valence-electron chi connectivity index (χ2n) is 4.43. The third kappa shape index (κ3) is 3.58. The van der Waals surface area contributed by atoms with Crippen molar-refractivity contribution in [2.75, 3.05) is 12.4 Å². The SMILES string of the molecule is CN(Cc1cccc(F)c1)C(C)(C)CBr. The van der Waals surface area contributed by atoms with Crippen LogP contribution in [0.3, 0.4) is 0 Å². The van der Waals surface area contributed by atoms with Crippen LogP contribution in [-0.2, 0) is 6.54 Å². The highest BCUT2D eigenvalue weighted by atomic mass is 79.9. The number of halogens is 2. The van der Waals surface area contributed by atoms with E-state index in [0.717, 1.165) is 17.4 Å². The van der Waals surface area contributed by atoms with E-state index in [4.69, 9.17) is 0 Å². The molecule has 1 rings (SSSR count). The highest BCUT2D eigenvalue weighted by Crippen LogP contribution is 2.18. The number of rotatable bonds is 4. The van der Waals surface area contributed by atoms with Gasteiger partial charge in [0.05, 0.1) is 0 Å². The molecule has 1 aromatic carbocycles. The first kappa shape index (κ1) is 12.7. The summed E-state index contributed by atoms with van der Waals surface area (Å²) in [6.07, 6.45) is 0. The van der Waals surface area contributed by atoms with Crippen LogP contribution in [0.1, 0.15) is 19.4 Å². The summed E-state index contributed by atoms with van der Waals surface area (Å²) in [5.74, 6) is -0.169. The van der Waals surface area contributed by atoms with Crippen LogP contribution in [0.25, 0.3) is 0 Å². The third-order valence-corrected chi connectivity index (χ3v) is 4.04. The number of hydrogen-bond donors (Lipinski definition) is 0. The lowest BCUT2D eigenvalue weighted by atomic mass is 10.1. The monoisotopic (exact) mass is 273 g/mol. The molecule has 84 valence electrons. The molecule has 0 aliphatic carbocycles. The van der Waals surface area contributed by atoms with Crippen LogP contribution < -0.4 is 0 Å². The Morgan fingerprint density at radius 3 is 2.60 bits per heavy atom. The Bertz CT molecular complexity index is 325. The maximum atomic E-state index is 13.0. The lowest BCUT2D eigenvalue weighted by Crippen LogP contribution is -2.41. The van der Waals surface area contributed by atoms with Gasteiger partial charge in [0, 0.05) is 17.4 Å². The van der Waals surface area contributed by atoms with Gasteiger partial charge >= 0.3 is 0 Å². The van der Waals surface area contributed by atoms with Crippen molar-refractivity contribution in [1.29, 1.82) is 0 Å². The van der Waals surface area contributed by atoms with Gasteiger partial charge in [-0.15, -0.1) is 0 Å². The topological polar surface area (TPSA) is 3.24 Å². The van der Waals surface area contributed by atoms with Crippen molar-refractivity contribution < 1.29 is 4.39 Å². The first-order chi connectivity index (χ1) is 6.95. The molecule has 0 amide bonds. The zero-order valence-electron chi connectivity index (χ0n) is 9.43. The first-order valence-electron chi connectivity index (χ1n) is 4.97. The molecule has 3 heteroatoms. The van der Waals surface area contributed by atoms with Crippen LogP contribution in [0.15, 0.2) is 24.3 Å². The minimum absolute atomic E-state index is 0.0757. The van der Waals surface area contributed by atoms with E-state index in [2.05, 4.69) is 34.7 Å². The molecule has 0 unspecified atom stereocenters. The maximum absolute atomic E-state index is 13.0. The highest BCUT2D eigenvalue weighted by molar-refractivity contribution is 9.09. The highest BCUT2D eigenvalue weighted by Gasteiger charge is 2.21. The average molecular weight is 274 g/mol. The van der Waals surface area contributed by atoms with Crippen molar-refractivity contribution in [3.63, 3.8) is 0 Å². The summed E-state index contributed by atoms with van der Waals surface area (Å²) in [5.41, 5.74) is 1.08. The van der Waals surface area contributed by atoms with Gasteiger partial charge in [0.25, 0.3) is 0 Å². The zero-order valence-corrected chi connectivity index (χ0v) is 11.0. The van der Waals surface area contributed by atoms with E-state index >= 15 is 0 Å². The van der Waals surface area contributed by atoms with Gasteiger partial charge in [0.1, 0.15) is 5.82 Å². The summed E-state index contributed by atoms with van der Waals surface area (Å²) in [5, 5.41) is 0.895. The van der Waals surface area contributed by atoms with Gasteiger partial charge in [-0.1, -0.05) is 28.1 Å². The molecule has 0 bridgehead atoms. The standard InChI is InChI=1S/C12H17BrFN/c1-12(2,9-13)15(3)8-10-5-4-6-11(14)7-10/h4-7H,8-9H2,1-3H3. The average Bonchev–Trinajstić information content (AvgIpc) is 2.17. The second-order valence-corrected chi connectivity index (χ2v) is 4.99. The summed E-state index contributed by atoms with van der Waals surface area (Å²) in [7, 11) is 2.05. The van der Waals surface area contributed by atoms with Crippen LogP contribution >= 0.6 is 15.9 Å². The van der Waals surface area contributed by atoms with Gasteiger partial charge < -0.3 is 0 Å². The molecule has 0 N–H and O–H groups in total. The molecular formula is C12H17BrFN. The van der Waals surface area contributed by atoms with Gasteiger partial charge in [0.2, 0.25) is 0 Å². The van der Waals surface area contributed by atoms with Crippen molar-refractivity contribution in [2.45, 2.75) is 25.9 Å². The smallest absolute Gasteiger partial charge is 0.123 e. The molecule has 0 aliphatic heterocycles. The van der Waals surface area contributed by atoms with E-state index in [0.29, 0.717) is 0 Å². The Kier molecular flexibility index (Phi) is 4.29. The summed E-state index contributed by atoms with van der Waals surface area (Å²) in [6.45, 7) is 5.07. The van der Waals surface area contributed by atoms with Crippen LogP contribution in [0.5, 0.6) is 0 Å². The molecule has 0 radical (unpaired) electrons. The van der Waals surface area contributed by atoms with Crippen molar-refractivity contribution in [2.24, 2.45) is 0 Å². The quantitative estimate of drug-likeness (QED) is 0.760. The van der Waals surface area contributed by atoms with E-state index in [9.17, 15) is 4.39 Å². The lowest BCUT2D eigenvalue weighted by Gasteiger charge is -2.34. The van der Waals surface area contributed by atoms with Crippen molar-refractivity contribution in [3.05, 3.63) is 35.6 Å². The Labute approximate surface area is 99.4 Å². The van der Waals surface area contributed by atoms with Crippen LogP contribution in [-0.4, -0.2) is 22.8 Å². The summed E-state index contributed by atoms with van der Waals surface area (Å²) >= 11 is 3.48. The summed E-state index contributed by atoms with van der Waals surface area (Å²) in [4.78, 5) is 2.20. The van der Waals surface area contributed by atoms with Gasteiger partial charge in [-0.2, -0.15) is 0 Å². The van der Waals surface area contributed by atoms with E-state index in [1.807, 2.05) is 13.1 Å². The summed E-state index contributed by atoms with van der Waals surface area (Å²) < 4.78 is 13.0. The molecule has 15 heavy (non-hydrogen) atoms. The molecular weight excluding hydrogens is 257 g/mol. The predicted molar refractivity (Wildman–Crippen MR) is 65.7 cm³/mol. The fourth-order valence-electron chi connectivity index (χ4n) is 1.23.